The van der Waals surface area contributed by atoms with Gasteiger partial charge in [-0.25, -0.2) is 4.99 Å². The Hall–Kier alpha value is -3.79. The quantitative estimate of drug-likeness (QED) is 0.251. The van der Waals surface area contributed by atoms with E-state index in [1.54, 1.807) is 0 Å². The SMILES string of the molecule is Cc1cc2cc(NC(=N[C@H]3CCCCN(CCCc4ccccc4)C3=O)NC#N)ccc2o1. The van der Waals surface area contributed by atoms with E-state index >= 15 is 0 Å². The smallest absolute Gasteiger partial charge is 0.247 e. The molecule has 4 rings (SSSR count). The number of nitriles is 1. The van der Waals surface area contributed by atoms with Gasteiger partial charge in [0.05, 0.1) is 0 Å². The van der Waals surface area contributed by atoms with Gasteiger partial charge in [0.1, 0.15) is 17.4 Å². The van der Waals surface area contributed by atoms with Gasteiger partial charge in [-0.3, -0.25) is 10.1 Å². The van der Waals surface area contributed by atoms with Crippen molar-refractivity contribution >= 4 is 28.5 Å². The van der Waals surface area contributed by atoms with Gasteiger partial charge in [-0.05, 0) is 68.9 Å². The summed E-state index contributed by atoms with van der Waals surface area (Å²) in [5, 5.41) is 15.9. The lowest BCUT2D eigenvalue weighted by Crippen LogP contribution is -2.39. The highest BCUT2D eigenvalue weighted by Gasteiger charge is 2.27. The molecule has 0 saturated carbocycles. The van der Waals surface area contributed by atoms with Gasteiger partial charge in [0, 0.05) is 24.2 Å². The summed E-state index contributed by atoms with van der Waals surface area (Å²) in [7, 11) is 0. The maximum atomic E-state index is 13.2. The monoisotopic (exact) mass is 443 g/mol. The van der Waals surface area contributed by atoms with Gasteiger partial charge in [-0.1, -0.05) is 30.3 Å². The summed E-state index contributed by atoms with van der Waals surface area (Å²) in [6.07, 6.45) is 6.35. The molecule has 170 valence electrons. The number of aryl methyl sites for hydroxylation is 2. The molecule has 1 amide bonds. The zero-order valence-corrected chi connectivity index (χ0v) is 18.9. The Bertz CT molecular complexity index is 1160. The molecule has 7 nitrogen and oxygen atoms in total. The lowest BCUT2D eigenvalue weighted by molar-refractivity contribution is -0.132. The number of amides is 1. The summed E-state index contributed by atoms with van der Waals surface area (Å²) in [5.41, 5.74) is 2.85. The van der Waals surface area contributed by atoms with Gasteiger partial charge in [0.25, 0.3) is 0 Å². The summed E-state index contributed by atoms with van der Waals surface area (Å²) in [5.74, 6) is 1.14. The van der Waals surface area contributed by atoms with Gasteiger partial charge in [0.2, 0.25) is 11.9 Å². The molecule has 1 fully saturated rings. The first-order valence-corrected chi connectivity index (χ1v) is 11.5. The number of carbonyl (C=O) groups excluding carboxylic acids is 1. The molecule has 0 aliphatic carbocycles. The van der Waals surface area contributed by atoms with Crippen molar-refractivity contribution in [3.63, 3.8) is 0 Å². The van der Waals surface area contributed by atoms with E-state index < -0.39 is 6.04 Å². The molecule has 1 atom stereocenters. The average Bonchev–Trinajstić information content (AvgIpc) is 3.10. The molecule has 3 aromatic rings. The van der Waals surface area contributed by atoms with Crippen LogP contribution in [0.4, 0.5) is 5.69 Å². The van der Waals surface area contributed by atoms with Crippen molar-refractivity contribution in [1.82, 2.24) is 10.2 Å². The number of rotatable bonds is 6. The molecule has 7 heteroatoms. The Labute approximate surface area is 194 Å². The van der Waals surface area contributed by atoms with Crippen LogP contribution >= 0.6 is 0 Å². The normalized spacial score (nSPS) is 17.0. The number of benzene rings is 2. The van der Waals surface area contributed by atoms with E-state index in [1.807, 2.05) is 60.5 Å². The number of furan rings is 1. The number of anilines is 1. The Kier molecular flexibility index (Phi) is 7.26. The second kappa shape index (κ2) is 10.7. The standard InChI is InChI=1S/C26H29N5O2/c1-19-16-21-17-22(12-13-24(21)33-19)29-26(28-18-27)30-23-11-5-6-14-31(25(23)32)15-7-10-20-8-3-2-4-9-20/h2-4,8-9,12-13,16-17,23H,5-7,10-11,14-15H2,1H3,(H2,28,29,30)/t23-/m0/s1. The predicted octanol–water partition coefficient (Wildman–Crippen LogP) is 4.59. The maximum absolute atomic E-state index is 13.2. The predicted molar refractivity (Wildman–Crippen MR) is 130 cm³/mol. The van der Waals surface area contributed by atoms with Crippen molar-refractivity contribution in [1.29, 1.82) is 5.26 Å². The van der Waals surface area contributed by atoms with Crippen molar-refractivity contribution < 1.29 is 9.21 Å². The highest BCUT2D eigenvalue weighted by atomic mass is 16.3. The van der Waals surface area contributed by atoms with Crippen LogP contribution in [0.15, 0.2) is 64.0 Å². The van der Waals surface area contributed by atoms with E-state index in [-0.39, 0.29) is 11.9 Å². The molecule has 0 radical (unpaired) electrons. The molecule has 2 heterocycles. The minimum Gasteiger partial charge on any atom is -0.461 e. The average molecular weight is 444 g/mol. The van der Waals surface area contributed by atoms with Crippen LogP contribution in [0, 0.1) is 18.4 Å². The second-order valence-electron chi connectivity index (χ2n) is 8.38. The highest BCUT2D eigenvalue weighted by Crippen LogP contribution is 2.23. The molecule has 33 heavy (non-hydrogen) atoms. The fourth-order valence-electron chi connectivity index (χ4n) is 4.24. The largest absolute Gasteiger partial charge is 0.461 e. The number of carbonyl (C=O) groups is 1. The first-order chi connectivity index (χ1) is 16.1. The van der Waals surface area contributed by atoms with E-state index in [9.17, 15) is 10.1 Å². The Balaban J connectivity index is 1.44. The Morgan fingerprint density at radius 2 is 2.06 bits per heavy atom. The first kappa shape index (κ1) is 22.4. The maximum Gasteiger partial charge on any atom is 0.247 e. The summed E-state index contributed by atoms with van der Waals surface area (Å²) in [6.45, 7) is 3.37. The molecule has 2 aromatic carbocycles. The second-order valence-corrected chi connectivity index (χ2v) is 8.38. The lowest BCUT2D eigenvalue weighted by Gasteiger charge is -2.23. The zero-order chi connectivity index (χ0) is 23.0. The fourth-order valence-corrected chi connectivity index (χ4v) is 4.24. The van der Waals surface area contributed by atoms with Crippen LogP contribution in [0.25, 0.3) is 11.0 Å². The van der Waals surface area contributed by atoms with Crippen molar-refractivity contribution in [3.8, 4) is 6.19 Å². The van der Waals surface area contributed by atoms with Crippen molar-refractivity contribution in [2.75, 3.05) is 18.4 Å². The number of guanidine groups is 1. The molecular weight excluding hydrogens is 414 g/mol. The molecular formula is C26H29N5O2. The molecule has 0 bridgehead atoms. The van der Waals surface area contributed by atoms with Crippen LogP contribution < -0.4 is 10.6 Å². The molecule has 1 aliphatic heterocycles. The molecule has 0 spiro atoms. The highest BCUT2D eigenvalue weighted by molar-refractivity contribution is 5.98. The van der Waals surface area contributed by atoms with E-state index in [4.69, 9.17) is 4.42 Å². The number of hydrogen-bond donors (Lipinski definition) is 2. The molecule has 1 aromatic heterocycles. The van der Waals surface area contributed by atoms with Crippen LogP contribution in [0.5, 0.6) is 0 Å². The molecule has 1 saturated heterocycles. The third-order valence-corrected chi connectivity index (χ3v) is 5.85. The minimum atomic E-state index is -0.507. The number of aliphatic imine (C=N–C) groups is 1. The Morgan fingerprint density at radius 1 is 1.21 bits per heavy atom. The van der Waals surface area contributed by atoms with Gasteiger partial charge in [0.15, 0.2) is 6.19 Å². The van der Waals surface area contributed by atoms with E-state index in [1.165, 1.54) is 5.56 Å². The Morgan fingerprint density at radius 3 is 2.88 bits per heavy atom. The number of fused-ring (bicyclic) bond motifs is 1. The zero-order valence-electron chi connectivity index (χ0n) is 18.9. The van der Waals surface area contributed by atoms with Crippen LogP contribution in [0.2, 0.25) is 0 Å². The number of likely N-dealkylation sites (tertiary alicyclic amines) is 1. The molecule has 0 unspecified atom stereocenters. The van der Waals surface area contributed by atoms with Crippen LogP contribution in [-0.2, 0) is 11.2 Å². The van der Waals surface area contributed by atoms with Crippen molar-refractivity contribution in [3.05, 3.63) is 65.9 Å². The number of nitrogens with zero attached hydrogens (tertiary/aromatic N) is 3. The first-order valence-electron chi connectivity index (χ1n) is 11.5. The third kappa shape index (κ3) is 5.92. The van der Waals surface area contributed by atoms with Crippen LogP contribution in [-0.4, -0.2) is 35.9 Å². The summed E-state index contributed by atoms with van der Waals surface area (Å²) in [4.78, 5) is 19.8. The lowest BCUT2D eigenvalue weighted by atomic mass is 10.1. The van der Waals surface area contributed by atoms with Gasteiger partial charge in [-0.2, -0.15) is 5.26 Å². The number of nitrogens with one attached hydrogen (secondary N) is 2. The fraction of sp³-hybridized carbons (Fsp3) is 0.346. The van der Waals surface area contributed by atoms with Crippen molar-refractivity contribution in [2.45, 2.75) is 45.1 Å². The molecule has 1 aliphatic rings. The summed E-state index contributed by atoms with van der Waals surface area (Å²) in [6, 6.07) is 17.5. The van der Waals surface area contributed by atoms with Gasteiger partial charge in [-0.15, -0.1) is 0 Å². The van der Waals surface area contributed by atoms with Crippen LogP contribution in [0.1, 0.15) is 37.0 Å². The number of hydrogen-bond acceptors (Lipinski definition) is 4. The summed E-state index contributed by atoms with van der Waals surface area (Å²) >= 11 is 0. The van der Waals surface area contributed by atoms with E-state index in [2.05, 4.69) is 27.8 Å². The third-order valence-electron chi connectivity index (χ3n) is 5.85. The van der Waals surface area contributed by atoms with Crippen LogP contribution in [0.3, 0.4) is 0 Å². The molecule has 2 N–H and O–H groups in total. The van der Waals surface area contributed by atoms with Crippen molar-refractivity contribution in [2.24, 2.45) is 4.99 Å². The van der Waals surface area contributed by atoms with E-state index in [0.29, 0.717) is 13.0 Å². The van der Waals surface area contributed by atoms with E-state index in [0.717, 1.165) is 54.6 Å². The summed E-state index contributed by atoms with van der Waals surface area (Å²) < 4.78 is 5.62. The topological polar surface area (TPSA) is 93.7 Å². The van der Waals surface area contributed by atoms with Gasteiger partial charge < -0.3 is 14.6 Å². The van der Waals surface area contributed by atoms with Gasteiger partial charge >= 0.3 is 0 Å². The minimum absolute atomic E-state index is 0.0283.